The van der Waals surface area contributed by atoms with Gasteiger partial charge < -0.3 is 15.0 Å². The molecule has 0 aromatic carbocycles. The van der Waals surface area contributed by atoms with Crippen LogP contribution in [0.5, 0.6) is 0 Å². The number of hydrogen-bond acceptors (Lipinski definition) is 6. The zero-order chi connectivity index (χ0) is 16.6. The van der Waals surface area contributed by atoms with E-state index in [4.69, 9.17) is 4.74 Å². The predicted molar refractivity (Wildman–Crippen MR) is 87.5 cm³/mol. The van der Waals surface area contributed by atoms with E-state index in [2.05, 4.69) is 15.3 Å². The van der Waals surface area contributed by atoms with Gasteiger partial charge >= 0.3 is 0 Å². The highest BCUT2D eigenvalue weighted by Crippen LogP contribution is 2.36. The molecule has 8 heteroatoms. The number of carbonyl (C=O) groups is 1. The number of likely N-dealkylation sites (tertiary alicyclic amines) is 1. The van der Waals surface area contributed by atoms with Crippen molar-refractivity contribution in [2.45, 2.75) is 24.5 Å². The average Bonchev–Trinajstić information content (AvgIpc) is 3.32. The highest BCUT2D eigenvalue weighted by Gasteiger charge is 2.47. The van der Waals surface area contributed by atoms with E-state index in [1.54, 1.807) is 0 Å². The lowest BCUT2D eigenvalue weighted by atomic mass is 9.97. The molecular weight excluding hydrogens is 331 g/mol. The SMILES string of the molecule is O=C(c1ccsc1)N1CC[C@]2(C[C@@H](Nc3ncc(F)cn3)CO2)C1. The van der Waals surface area contributed by atoms with Crippen LogP contribution in [-0.2, 0) is 4.74 Å². The van der Waals surface area contributed by atoms with Crippen LogP contribution in [0.2, 0.25) is 0 Å². The van der Waals surface area contributed by atoms with Crippen molar-refractivity contribution in [3.63, 3.8) is 0 Å². The number of aromatic nitrogens is 2. The van der Waals surface area contributed by atoms with Gasteiger partial charge in [-0.2, -0.15) is 11.3 Å². The Morgan fingerprint density at radius 1 is 1.46 bits per heavy atom. The van der Waals surface area contributed by atoms with Crippen LogP contribution in [0.25, 0.3) is 0 Å². The van der Waals surface area contributed by atoms with Gasteiger partial charge in [0.25, 0.3) is 5.91 Å². The number of halogens is 1. The summed E-state index contributed by atoms with van der Waals surface area (Å²) in [7, 11) is 0. The average molecular weight is 348 g/mol. The summed E-state index contributed by atoms with van der Waals surface area (Å²) in [6.45, 7) is 1.83. The van der Waals surface area contributed by atoms with Gasteiger partial charge in [0.2, 0.25) is 5.95 Å². The summed E-state index contributed by atoms with van der Waals surface area (Å²) in [5.41, 5.74) is 0.438. The quantitative estimate of drug-likeness (QED) is 0.921. The number of nitrogens with zero attached hydrogens (tertiary/aromatic N) is 3. The number of amides is 1. The van der Waals surface area contributed by atoms with Gasteiger partial charge in [-0.15, -0.1) is 0 Å². The van der Waals surface area contributed by atoms with Crippen molar-refractivity contribution in [3.05, 3.63) is 40.6 Å². The summed E-state index contributed by atoms with van der Waals surface area (Å²) in [6, 6.07) is 1.91. The van der Waals surface area contributed by atoms with Gasteiger partial charge in [-0.25, -0.2) is 14.4 Å². The van der Waals surface area contributed by atoms with E-state index in [0.717, 1.165) is 30.8 Å². The van der Waals surface area contributed by atoms with Crippen molar-refractivity contribution < 1.29 is 13.9 Å². The molecule has 126 valence electrons. The molecule has 24 heavy (non-hydrogen) atoms. The molecule has 1 amide bonds. The standard InChI is InChI=1S/C16H17FN4O2S/c17-12-6-18-15(19-7-12)20-13-5-16(23-8-13)2-3-21(10-16)14(22)11-1-4-24-9-11/h1,4,6-7,9,13H,2-3,5,8,10H2,(H,18,19,20)/t13-,16+/m1/s1. The predicted octanol–water partition coefficient (Wildman–Crippen LogP) is 2.16. The van der Waals surface area contributed by atoms with Crippen LogP contribution in [0, 0.1) is 5.82 Å². The number of anilines is 1. The first kappa shape index (κ1) is 15.5. The third kappa shape index (κ3) is 2.99. The molecule has 2 saturated heterocycles. The zero-order valence-electron chi connectivity index (χ0n) is 12.9. The number of ether oxygens (including phenoxy) is 1. The molecule has 0 radical (unpaired) electrons. The molecule has 0 unspecified atom stereocenters. The largest absolute Gasteiger partial charge is 0.371 e. The molecular formula is C16H17FN4O2S. The van der Waals surface area contributed by atoms with Crippen LogP contribution in [0.3, 0.4) is 0 Å². The normalized spacial score (nSPS) is 26.2. The van der Waals surface area contributed by atoms with Crippen LogP contribution < -0.4 is 5.32 Å². The Morgan fingerprint density at radius 3 is 3.04 bits per heavy atom. The number of rotatable bonds is 3. The lowest BCUT2D eigenvalue weighted by molar-refractivity contribution is 0.0125. The second-order valence-corrected chi connectivity index (χ2v) is 7.03. The molecule has 6 nitrogen and oxygen atoms in total. The van der Waals surface area contributed by atoms with Crippen molar-refractivity contribution in [2.75, 3.05) is 25.0 Å². The fourth-order valence-corrected chi connectivity index (χ4v) is 4.01. The molecule has 0 aliphatic carbocycles. The lowest BCUT2D eigenvalue weighted by Crippen LogP contribution is -2.36. The Morgan fingerprint density at radius 2 is 2.29 bits per heavy atom. The summed E-state index contributed by atoms with van der Waals surface area (Å²) in [5, 5.41) is 6.96. The van der Waals surface area contributed by atoms with E-state index < -0.39 is 5.82 Å². The first-order valence-corrected chi connectivity index (χ1v) is 8.77. The van der Waals surface area contributed by atoms with Gasteiger partial charge in [-0.3, -0.25) is 4.79 Å². The molecule has 2 atom stereocenters. The van der Waals surface area contributed by atoms with Crippen LogP contribution in [0.15, 0.2) is 29.2 Å². The monoisotopic (exact) mass is 348 g/mol. The molecule has 2 aromatic heterocycles. The van der Waals surface area contributed by atoms with Crippen LogP contribution in [0.4, 0.5) is 10.3 Å². The number of thiophene rings is 1. The highest BCUT2D eigenvalue weighted by molar-refractivity contribution is 7.08. The number of hydrogen-bond donors (Lipinski definition) is 1. The van der Waals surface area contributed by atoms with E-state index in [1.807, 2.05) is 21.7 Å². The van der Waals surface area contributed by atoms with Gasteiger partial charge in [0.1, 0.15) is 0 Å². The van der Waals surface area contributed by atoms with Crippen molar-refractivity contribution in [3.8, 4) is 0 Å². The molecule has 1 N–H and O–H groups in total. The zero-order valence-corrected chi connectivity index (χ0v) is 13.8. The third-order valence-corrected chi connectivity index (χ3v) is 5.22. The molecule has 4 heterocycles. The fourth-order valence-electron chi connectivity index (χ4n) is 3.38. The first-order chi connectivity index (χ1) is 11.6. The maximum atomic E-state index is 12.9. The van der Waals surface area contributed by atoms with Gasteiger partial charge in [0.15, 0.2) is 5.82 Å². The lowest BCUT2D eigenvalue weighted by Gasteiger charge is -2.23. The van der Waals surface area contributed by atoms with E-state index >= 15 is 0 Å². The van der Waals surface area contributed by atoms with E-state index in [1.165, 1.54) is 11.3 Å². The smallest absolute Gasteiger partial charge is 0.254 e. The Kier molecular flexibility index (Phi) is 3.93. The topological polar surface area (TPSA) is 67.4 Å². The Bertz CT molecular complexity index is 724. The fraction of sp³-hybridized carbons (Fsp3) is 0.438. The first-order valence-electron chi connectivity index (χ1n) is 7.83. The molecule has 2 fully saturated rings. The van der Waals surface area contributed by atoms with Crippen molar-refractivity contribution in [1.29, 1.82) is 0 Å². The van der Waals surface area contributed by atoms with Gasteiger partial charge in [0, 0.05) is 18.3 Å². The van der Waals surface area contributed by atoms with E-state index in [0.29, 0.717) is 25.6 Å². The summed E-state index contributed by atoms with van der Waals surface area (Å²) in [5.74, 6) is -0.000626. The highest BCUT2D eigenvalue weighted by atomic mass is 32.1. The number of carbonyl (C=O) groups excluding carboxylic acids is 1. The second-order valence-electron chi connectivity index (χ2n) is 6.25. The third-order valence-electron chi connectivity index (χ3n) is 4.53. The van der Waals surface area contributed by atoms with Gasteiger partial charge in [-0.05, 0) is 17.9 Å². The molecule has 2 aliphatic heterocycles. The Hall–Kier alpha value is -2.06. The minimum atomic E-state index is -0.460. The van der Waals surface area contributed by atoms with Crippen LogP contribution in [-0.4, -0.2) is 52.1 Å². The second kappa shape index (κ2) is 6.10. The molecule has 1 spiro atoms. The summed E-state index contributed by atoms with van der Waals surface area (Å²) in [4.78, 5) is 22.2. The van der Waals surface area contributed by atoms with Crippen molar-refractivity contribution in [2.24, 2.45) is 0 Å². The van der Waals surface area contributed by atoms with Crippen molar-refractivity contribution in [1.82, 2.24) is 14.9 Å². The summed E-state index contributed by atoms with van der Waals surface area (Å²) < 4.78 is 18.9. The van der Waals surface area contributed by atoms with Crippen molar-refractivity contribution >= 4 is 23.2 Å². The number of nitrogens with one attached hydrogen (secondary N) is 1. The van der Waals surface area contributed by atoms with Gasteiger partial charge in [-0.1, -0.05) is 0 Å². The molecule has 0 saturated carbocycles. The maximum absolute atomic E-state index is 12.9. The molecule has 4 rings (SSSR count). The minimum absolute atomic E-state index is 0.0617. The molecule has 0 bridgehead atoms. The summed E-state index contributed by atoms with van der Waals surface area (Å²) in [6.07, 6.45) is 3.88. The molecule has 2 aliphatic rings. The Labute approximate surface area is 142 Å². The Balaban J connectivity index is 1.37. The van der Waals surface area contributed by atoms with Crippen LogP contribution >= 0.6 is 11.3 Å². The summed E-state index contributed by atoms with van der Waals surface area (Å²) >= 11 is 1.52. The van der Waals surface area contributed by atoms with E-state index in [9.17, 15) is 9.18 Å². The van der Waals surface area contributed by atoms with E-state index in [-0.39, 0.29) is 17.6 Å². The minimum Gasteiger partial charge on any atom is -0.371 e. The van der Waals surface area contributed by atoms with Crippen LogP contribution in [0.1, 0.15) is 23.2 Å². The maximum Gasteiger partial charge on any atom is 0.254 e. The molecule has 2 aromatic rings. The van der Waals surface area contributed by atoms with Gasteiger partial charge in [0.05, 0.1) is 42.8 Å².